The molecule has 56 valence electrons. The monoisotopic (exact) mass is 141 g/mol. The summed E-state index contributed by atoms with van der Waals surface area (Å²) in [6.07, 6.45) is 3.39. The smallest absolute Gasteiger partial charge is 0.125 e. The fourth-order valence-electron chi connectivity index (χ4n) is 0.783. The van der Waals surface area contributed by atoms with E-state index in [1.165, 1.54) is 0 Å². The molecular formula is C6H11N3O. The minimum Gasteiger partial charge on any atom is -0.394 e. The number of imidazole rings is 1. The summed E-state index contributed by atoms with van der Waals surface area (Å²) >= 11 is 0. The van der Waals surface area contributed by atoms with Crippen LogP contribution in [-0.2, 0) is 0 Å². The molecule has 0 aromatic carbocycles. The molecule has 0 saturated heterocycles. The van der Waals surface area contributed by atoms with Crippen LogP contribution in [-0.4, -0.2) is 28.7 Å². The van der Waals surface area contributed by atoms with Gasteiger partial charge in [0.2, 0.25) is 0 Å². The summed E-state index contributed by atoms with van der Waals surface area (Å²) in [5, 5.41) is 11.7. The molecular weight excluding hydrogens is 130 g/mol. The van der Waals surface area contributed by atoms with Crippen LogP contribution >= 0.6 is 0 Å². The standard InChI is InChI=1S/C6H11N3O/c1-7-5(4-10)6-8-2-3-9-6/h2-3,5,7,10H,4H2,1H3,(H,8,9). The average Bonchev–Trinajstić information content (AvgIpc) is 2.43. The summed E-state index contributed by atoms with van der Waals surface area (Å²) in [5.41, 5.74) is 0. The summed E-state index contributed by atoms with van der Waals surface area (Å²) in [6, 6.07) is -0.0741. The molecule has 0 aliphatic heterocycles. The zero-order valence-corrected chi connectivity index (χ0v) is 5.83. The van der Waals surface area contributed by atoms with Crippen molar-refractivity contribution in [2.45, 2.75) is 6.04 Å². The first-order valence-electron chi connectivity index (χ1n) is 3.16. The molecule has 1 atom stereocenters. The number of nitrogens with zero attached hydrogens (tertiary/aromatic N) is 1. The minimum atomic E-state index is -0.0741. The molecule has 0 aliphatic carbocycles. The van der Waals surface area contributed by atoms with Crippen molar-refractivity contribution in [2.24, 2.45) is 0 Å². The predicted octanol–water partition coefficient (Wildman–Crippen LogP) is -0.338. The molecule has 0 aliphatic rings. The number of aliphatic hydroxyl groups excluding tert-OH is 1. The fraction of sp³-hybridized carbons (Fsp3) is 0.500. The SMILES string of the molecule is CNC(CO)c1ncc[nH]1. The van der Waals surface area contributed by atoms with Crippen LogP contribution in [0.15, 0.2) is 12.4 Å². The van der Waals surface area contributed by atoms with Crippen molar-refractivity contribution in [3.8, 4) is 0 Å². The summed E-state index contributed by atoms with van der Waals surface area (Å²) in [5.74, 6) is 0.769. The molecule has 0 bridgehead atoms. The quantitative estimate of drug-likeness (QED) is 0.539. The minimum absolute atomic E-state index is 0.0595. The molecule has 1 unspecified atom stereocenters. The maximum absolute atomic E-state index is 8.78. The molecule has 0 radical (unpaired) electrons. The van der Waals surface area contributed by atoms with Crippen molar-refractivity contribution >= 4 is 0 Å². The molecule has 4 nitrogen and oxygen atoms in total. The van der Waals surface area contributed by atoms with Gasteiger partial charge in [-0.2, -0.15) is 0 Å². The fourth-order valence-corrected chi connectivity index (χ4v) is 0.783. The number of hydrogen-bond donors (Lipinski definition) is 3. The lowest BCUT2D eigenvalue weighted by Crippen LogP contribution is -2.21. The highest BCUT2D eigenvalue weighted by Gasteiger charge is 2.07. The van der Waals surface area contributed by atoms with Crippen LogP contribution in [0.3, 0.4) is 0 Å². The molecule has 1 aromatic heterocycles. The Morgan fingerprint density at radius 2 is 2.70 bits per heavy atom. The third kappa shape index (κ3) is 1.34. The van der Waals surface area contributed by atoms with Crippen LogP contribution in [0.1, 0.15) is 11.9 Å². The highest BCUT2D eigenvalue weighted by atomic mass is 16.3. The van der Waals surface area contributed by atoms with Crippen LogP contribution in [0.2, 0.25) is 0 Å². The number of aromatic amines is 1. The molecule has 0 fully saturated rings. The number of hydrogen-bond acceptors (Lipinski definition) is 3. The Bertz CT molecular complexity index is 169. The van der Waals surface area contributed by atoms with Gasteiger partial charge in [0, 0.05) is 12.4 Å². The van der Waals surface area contributed by atoms with Crippen LogP contribution in [0.4, 0.5) is 0 Å². The van der Waals surface area contributed by atoms with Crippen molar-refractivity contribution in [1.82, 2.24) is 15.3 Å². The van der Waals surface area contributed by atoms with E-state index in [4.69, 9.17) is 5.11 Å². The second-order valence-corrected chi connectivity index (χ2v) is 2.00. The van der Waals surface area contributed by atoms with Crippen LogP contribution in [0, 0.1) is 0 Å². The van der Waals surface area contributed by atoms with E-state index in [1.54, 1.807) is 19.4 Å². The first kappa shape index (κ1) is 7.24. The molecule has 3 N–H and O–H groups in total. The topological polar surface area (TPSA) is 60.9 Å². The third-order valence-electron chi connectivity index (χ3n) is 1.38. The lowest BCUT2D eigenvalue weighted by atomic mass is 10.3. The zero-order chi connectivity index (χ0) is 7.40. The largest absolute Gasteiger partial charge is 0.394 e. The van der Waals surface area contributed by atoms with Gasteiger partial charge in [-0.25, -0.2) is 4.98 Å². The van der Waals surface area contributed by atoms with Gasteiger partial charge < -0.3 is 15.4 Å². The maximum Gasteiger partial charge on any atom is 0.125 e. The van der Waals surface area contributed by atoms with E-state index in [9.17, 15) is 0 Å². The van der Waals surface area contributed by atoms with E-state index in [0.717, 1.165) is 5.82 Å². The van der Waals surface area contributed by atoms with Gasteiger partial charge in [-0.1, -0.05) is 0 Å². The highest BCUT2D eigenvalue weighted by molar-refractivity contribution is 4.94. The normalized spacial score (nSPS) is 13.4. The second-order valence-electron chi connectivity index (χ2n) is 2.00. The molecule has 1 heterocycles. The van der Waals surface area contributed by atoms with E-state index in [2.05, 4.69) is 15.3 Å². The van der Waals surface area contributed by atoms with Gasteiger partial charge in [-0.3, -0.25) is 0 Å². The average molecular weight is 141 g/mol. The van der Waals surface area contributed by atoms with Gasteiger partial charge in [0.1, 0.15) is 5.82 Å². The van der Waals surface area contributed by atoms with E-state index in [1.807, 2.05) is 0 Å². The number of aromatic nitrogens is 2. The molecule has 1 aromatic rings. The van der Waals surface area contributed by atoms with Gasteiger partial charge in [-0.05, 0) is 7.05 Å². The van der Waals surface area contributed by atoms with Gasteiger partial charge in [0.05, 0.1) is 12.6 Å². The first-order chi connectivity index (χ1) is 4.88. The Labute approximate surface area is 59.3 Å². The van der Waals surface area contributed by atoms with Crippen molar-refractivity contribution < 1.29 is 5.11 Å². The summed E-state index contributed by atoms with van der Waals surface area (Å²) in [7, 11) is 1.78. The van der Waals surface area contributed by atoms with Crippen molar-refractivity contribution in [3.05, 3.63) is 18.2 Å². The second kappa shape index (κ2) is 3.34. The molecule has 10 heavy (non-hydrogen) atoms. The first-order valence-corrected chi connectivity index (χ1v) is 3.16. The molecule has 0 spiro atoms. The van der Waals surface area contributed by atoms with Crippen molar-refractivity contribution in [2.75, 3.05) is 13.7 Å². The highest BCUT2D eigenvalue weighted by Crippen LogP contribution is 2.03. The van der Waals surface area contributed by atoms with E-state index < -0.39 is 0 Å². The molecule has 0 amide bonds. The Morgan fingerprint density at radius 3 is 3.10 bits per heavy atom. The maximum atomic E-state index is 8.78. The lowest BCUT2D eigenvalue weighted by Gasteiger charge is -2.08. The number of nitrogens with one attached hydrogen (secondary N) is 2. The Morgan fingerprint density at radius 1 is 1.90 bits per heavy atom. The van der Waals surface area contributed by atoms with Crippen LogP contribution in [0.25, 0.3) is 0 Å². The number of rotatable bonds is 3. The van der Waals surface area contributed by atoms with E-state index in [-0.39, 0.29) is 12.6 Å². The Hall–Kier alpha value is -0.870. The summed E-state index contributed by atoms with van der Waals surface area (Å²) in [4.78, 5) is 6.89. The number of likely N-dealkylation sites (N-methyl/N-ethyl adjacent to an activating group) is 1. The zero-order valence-electron chi connectivity index (χ0n) is 5.83. The number of aliphatic hydroxyl groups is 1. The van der Waals surface area contributed by atoms with Gasteiger partial charge in [0.25, 0.3) is 0 Å². The lowest BCUT2D eigenvalue weighted by molar-refractivity contribution is 0.246. The van der Waals surface area contributed by atoms with Crippen LogP contribution in [0.5, 0.6) is 0 Å². The van der Waals surface area contributed by atoms with E-state index in [0.29, 0.717) is 0 Å². The molecule has 0 saturated carbocycles. The van der Waals surface area contributed by atoms with Gasteiger partial charge in [-0.15, -0.1) is 0 Å². The predicted molar refractivity (Wildman–Crippen MR) is 37.5 cm³/mol. The molecule has 4 heteroatoms. The van der Waals surface area contributed by atoms with Crippen molar-refractivity contribution in [1.29, 1.82) is 0 Å². The van der Waals surface area contributed by atoms with Crippen molar-refractivity contribution in [3.63, 3.8) is 0 Å². The molecule has 1 rings (SSSR count). The van der Waals surface area contributed by atoms with Gasteiger partial charge in [0.15, 0.2) is 0 Å². The summed E-state index contributed by atoms with van der Waals surface area (Å²) in [6.45, 7) is 0.0595. The van der Waals surface area contributed by atoms with Crippen LogP contribution < -0.4 is 5.32 Å². The van der Waals surface area contributed by atoms with E-state index >= 15 is 0 Å². The number of H-pyrrole nitrogens is 1. The summed E-state index contributed by atoms with van der Waals surface area (Å²) < 4.78 is 0. The Kier molecular flexibility index (Phi) is 2.42. The third-order valence-corrected chi connectivity index (χ3v) is 1.38. The van der Waals surface area contributed by atoms with Gasteiger partial charge >= 0.3 is 0 Å². The Balaban J connectivity index is 2.64.